The van der Waals surface area contributed by atoms with Crippen LogP contribution in [0.3, 0.4) is 0 Å². The highest BCUT2D eigenvalue weighted by atomic mass is 16.6. The molecule has 1 heterocycles. The van der Waals surface area contributed by atoms with Crippen LogP contribution in [0.2, 0.25) is 0 Å². The molecule has 6 heteroatoms. The summed E-state index contributed by atoms with van der Waals surface area (Å²) in [6.45, 7) is 9.67. The minimum absolute atomic E-state index is 0.0696. The first-order chi connectivity index (χ1) is 14.2. The van der Waals surface area contributed by atoms with Crippen molar-refractivity contribution < 1.29 is 14.3 Å². The molecule has 1 aliphatic rings. The molecule has 0 aromatic heterocycles. The zero-order valence-electron chi connectivity index (χ0n) is 18.2. The molecular weight excluding hydrogens is 378 g/mol. The standard InChI is InChI=1S/C24H31N3O3/c1-17-15-20(27-13-5-6-14-27)11-12-21(17)26-22(28)16-18-7-9-19(10-8-18)25-23(29)30-24(2,3)4/h7-12,15H,5-6,13-14,16H2,1-4H3,(H,25,29)(H,26,28). The first kappa shape index (κ1) is 21.7. The van der Waals surface area contributed by atoms with Crippen molar-refractivity contribution in [2.75, 3.05) is 28.6 Å². The van der Waals surface area contributed by atoms with E-state index in [4.69, 9.17) is 4.74 Å². The maximum atomic E-state index is 12.5. The van der Waals surface area contributed by atoms with Gasteiger partial charge in [-0.2, -0.15) is 0 Å². The molecule has 2 aromatic carbocycles. The van der Waals surface area contributed by atoms with E-state index in [9.17, 15) is 9.59 Å². The molecule has 0 radical (unpaired) electrons. The maximum absolute atomic E-state index is 12.5. The van der Waals surface area contributed by atoms with E-state index in [0.29, 0.717) is 5.69 Å². The summed E-state index contributed by atoms with van der Waals surface area (Å²) in [6.07, 6.45) is 2.24. The predicted molar refractivity (Wildman–Crippen MR) is 121 cm³/mol. The molecule has 0 spiro atoms. The number of nitrogens with zero attached hydrogens (tertiary/aromatic N) is 1. The van der Waals surface area contributed by atoms with Crippen molar-refractivity contribution in [3.05, 3.63) is 53.6 Å². The minimum Gasteiger partial charge on any atom is -0.444 e. The van der Waals surface area contributed by atoms with Gasteiger partial charge in [-0.05, 0) is 82.0 Å². The molecule has 1 aliphatic heterocycles. The Labute approximate surface area is 178 Å². The Morgan fingerprint density at radius 2 is 1.67 bits per heavy atom. The third-order valence-corrected chi connectivity index (χ3v) is 4.92. The van der Waals surface area contributed by atoms with Gasteiger partial charge in [0.25, 0.3) is 0 Å². The Morgan fingerprint density at radius 3 is 2.27 bits per heavy atom. The molecule has 0 saturated carbocycles. The molecule has 2 N–H and O–H groups in total. The van der Waals surface area contributed by atoms with Crippen LogP contribution in [-0.2, 0) is 16.0 Å². The molecule has 2 amide bonds. The summed E-state index contributed by atoms with van der Waals surface area (Å²) in [6, 6.07) is 13.4. The summed E-state index contributed by atoms with van der Waals surface area (Å²) < 4.78 is 5.24. The molecule has 3 rings (SSSR count). The van der Waals surface area contributed by atoms with Crippen LogP contribution in [0.15, 0.2) is 42.5 Å². The van der Waals surface area contributed by atoms with Gasteiger partial charge in [0, 0.05) is 30.2 Å². The Hall–Kier alpha value is -3.02. The van der Waals surface area contributed by atoms with Gasteiger partial charge in [0.05, 0.1) is 6.42 Å². The van der Waals surface area contributed by atoms with Crippen LogP contribution in [0.4, 0.5) is 21.9 Å². The molecular formula is C24H31N3O3. The fraction of sp³-hybridized carbons (Fsp3) is 0.417. The summed E-state index contributed by atoms with van der Waals surface area (Å²) in [7, 11) is 0. The lowest BCUT2D eigenvalue weighted by molar-refractivity contribution is -0.115. The molecule has 1 saturated heterocycles. The van der Waals surface area contributed by atoms with Gasteiger partial charge in [0.1, 0.15) is 5.60 Å². The van der Waals surface area contributed by atoms with Gasteiger partial charge in [0.15, 0.2) is 0 Å². The van der Waals surface area contributed by atoms with E-state index in [1.165, 1.54) is 18.5 Å². The number of ether oxygens (including phenoxy) is 1. The molecule has 30 heavy (non-hydrogen) atoms. The first-order valence-electron chi connectivity index (χ1n) is 10.4. The van der Waals surface area contributed by atoms with Gasteiger partial charge in [-0.3, -0.25) is 10.1 Å². The van der Waals surface area contributed by atoms with E-state index in [1.807, 2.05) is 45.9 Å². The van der Waals surface area contributed by atoms with Gasteiger partial charge >= 0.3 is 6.09 Å². The van der Waals surface area contributed by atoms with Gasteiger partial charge < -0.3 is 15.0 Å². The van der Waals surface area contributed by atoms with Gasteiger partial charge in [-0.1, -0.05) is 12.1 Å². The molecule has 2 aromatic rings. The number of benzene rings is 2. The average molecular weight is 410 g/mol. The number of carbonyl (C=O) groups excluding carboxylic acids is 2. The van der Waals surface area contributed by atoms with Crippen LogP contribution in [0.1, 0.15) is 44.7 Å². The van der Waals surface area contributed by atoms with E-state index < -0.39 is 11.7 Å². The molecule has 0 atom stereocenters. The highest BCUT2D eigenvalue weighted by Crippen LogP contribution is 2.25. The Bertz CT molecular complexity index is 895. The van der Waals surface area contributed by atoms with Crippen LogP contribution in [-0.4, -0.2) is 30.7 Å². The van der Waals surface area contributed by atoms with E-state index in [1.54, 1.807) is 12.1 Å². The number of anilines is 3. The van der Waals surface area contributed by atoms with E-state index in [0.717, 1.165) is 29.9 Å². The van der Waals surface area contributed by atoms with Crippen molar-refractivity contribution >= 4 is 29.1 Å². The second kappa shape index (κ2) is 9.20. The molecule has 160 valence electrons. The third kappa shape index (κ3) is 6.24. The summed E-state index contributed by atoms with van der Waals surface area (Å²) in [5.41, 5.74) is 4.06. The fourth-order valence-corrected chi connectivity index (χ4v) is 3.47. The van der Waals surface area contributed by atoms with Gasteiger partial charge in [-0.25, -0.2) is 4.79 Å². The number of rotatable bonds is 5. The molecule has 0 aliphatic carbocycles. The van der Waals surface area contributed by atoms with Crippen molar-refractivity contribution in [2.24, 2.45) is 0 Å². The summed E-state index contributed by atoms with van der Waals surface area (Å²) in [4.78, 5) is 26.7. The van der Waals surface area contributed by atoms with Crippen molar-refractivity contribution in [1.29, 1.82) is 0 Å². The number of hydrogen-bond donors (Lipinski definition) is 2. The van der Waals surface area contributed by atoms with Gasteiger partial charge in [-0.15, -0.1) is 0 Å². The van der Waals surface area contributed by atoms with Crippen LogP contribution >= 0.6 is 0 Å². The Morgan fingerprint density at radius 1 is 1.00 bits per heavy atom. The smallest absolute Gasteiger partial charge is 0.412 e. The number of aryl methyl sites for hydroxylation is 1. The fourth-order valence-electron chi connectivity index (χ4n) is 3.47. The number of carbonyl (C=O) groups is 2. The lowest BCUT2D eigenvalue weighted by atomic mass is 10.1. The zero-order valence-corrected chi connectivity index (χ0v) is 18.2. The predicted octanol–water partition coefficient (Wildman–Crippen LogP) is 5.12. The summed E-state index contributed by atoms with van der Waals surface area (Å²) in [5.74, 6) is -0.0696. The average Bonchev–Trinajstić information content (AvgIpc) is 3.18. The van der Waals surface area contributed by atoms with Crippen molar-refractivity contribution in [2.45, 2.75) is 52.6 Å². The van der Waals surface area contributed by atoms with Crippen molar-refractivity contribution in [3.63, 3.8) is 0 Å². The number of nitrogens with one attached hydrogen (secondary N) is 2. The summed E-state index contributed by atoms with van der Waals surface area (Å²) in [5, 5.41) is 5.69. The topological polar surface area (TPSA) is 70.7 Å². The highest BCUT2D eigenvalue weighted by Gasteiger charge is 2.16. The van der Waals surface area contributed by atoms with Crippen molar-refractivity contribution in [1.82, 2.24) is 0 Å². The Kier molecular flexibility index (Phi) is 6.65. The minimum atomic E-state index is -0.549. The quantitative estimate of drug-likeness (QED) is 0.719. The maximum Gasteiger partial charge on any atom is 0.412 e. The van der Waals surface area contributed by atoms with Gasteiger partial charge in [0.2, 0.25) is 5.91 Å². The normalized spacial score (nSPS) is 13.8. The van der Waals surface area contributed by atoms with E-state index in [2.05, 4.69) is 27.7 Å². The number of hydrogen-bond acceptors (Lipinski definition) is 4. The SMILES string of the molecule is Cc1cc(N2CCCC2)ccc1NC(=O)Cc1ccc(NC(=O)OC(C)(C)C)cc1. The molecule has 0 bridgehead atoms. The number of amides is 2. The lowest BCUT2D eigenvalue weighted by Gasteiger charge is -2.19. The monoisotopic (exact) mass is 409 g/mol. The van der Waals surface area contributed by atoms with Crippen LogP contribution in [0, 0.1) is 6.92 Å². The highest BCUT2D eigenvalue weighted by molar-refractivity contribution is 5.93. The van der Waals surface area contributed by atoms with Crippen LogP contribution in [0.25, 0.3) is 0 Å². The Balaban J connectivity index is 1.54. The second-order valence-corrected chi connectivity index (χ2v) is 8.74. The van der Waals surface area contributed by atoms with Crippen LogP contribution in [0.5, 0.6) is 0 Å². The molecule has 0 unspecified atom stereocenters. The lowest BCUT2D eigenvalue weighted by Crippen LogP contribution is -2.27. The summed E-state index contributed by atoms with van der Waals surface area (Å²) >= 11 is 0. The zero-order chi connectivity index (χ0) is 21.7. The van der Waals surface area contributed by atoms with E-state index in [-0.39, 0.29) is 12.3 Å². The van der Waals surface area contributed by atoms with Crippen LogP contribution < -0.4 is 15.5 Å². The molecule has 6 nitrogen and oxygen atoms in total. The second-order valence-electron chi connectivity index (χ2n) is 8.74. The van der Waals surface area contributed by atoms with Crippen molar-refractivity contribution in [3.8, 4) is 0 Å². The molecule has 1 fully saturated rings. The third-order valence-electron chi connectivity index (χ3n) is 4.92. The largest absolute Gasteiger partial charge is 0.444 e. The first-order valence-corrected chi connectivity index (χ1v) is 10.4. The van der Waals surface area contributed by atoms with E-state index >= 15 is 0 Å².